The Morgan fingerprint density at radius 2 is 1.95 bits per heavy atom. The van der Waals surface area contributed by atoms with Crippen LogP contribution in [0.3, 0.4) is 0 Å². The minimum absolute atomic E-state index is 0.611. The summed E-state index contributed by atoms with van der Waals surface area (Å²) in [5, 5.41) is 1.48. The molecule has 0 unspecified atom stereocenters. The first-order valence-corrected chi connectivity index (χ1v) is 6.80. The highest BCUT2D eigenvalue weighted by Gasteiger charge is 2.06. The largest absolute Gasteiger partial charge is 0.333 e. The molecule has 2 heterocycles. The Bertz CT molecular complexity index is 644. The van der Waals surface area contributed by atoms with E-state index in [1.54, 1.807) is 0 Å². The summed E-state index contributed by atoms with van der Waals surface area (Å²) in [7, 11) is 0. The number of hydrogen-bond donors (Lipinski definition) is 2. The Kier molecular flexibility index (Phi) is 3.43. The lowest BCUT2D eigenvalue weighted by molar-refractivity contribution is 0.887. The summed E-state index contributed by atoms with van der Waals surface area (Å²) < 4.78 is 0. The third-order valence-electron chi connectivity index (χ3n) is 2.67. The van der Waals surface area contributed by atoms with Crippen LogP contribution in [0.15, 0.2) is 47.0 Å². The van der Waals surface area contributed by atoms with Crippen molar-refractivity contribution in [3.63, 3.8) is 0 Å². The zero-order valence-corrected chi connectivity index (χ0v) is 11.0. The summed E-state index contributed by atoms with van der Waals surface area (Å²) in [5.41, 5.74) is 8.51. The van der Waals surface area contributed by atoms with E-state index in [0.29, 0.717) is 11.7 Å². The minimum atomic E-state index is 0.611. The first kappa shape index (κ1) is 12.1. The van der Waals surface area contributed by atoms with Gasteiger partial charge in [-0.25, -0.2) is 15.0 Å². The smallest absolute Gasteiger partial charge is 0.195 e. The average molecular weight is 271 g/mol. The highest BCUT2D eigenvalue weighted by molar-refractivity contribution is 7.99. The molecule has 0 amide bonds. The van der Waals surface area contributed by atoms with E-state index in [-0.39, 0.29) is 0 Å². The molecular weight excluding hydrogens is 258 g/mol. The standard InChI is InChI=1S/C13H13N5S/c14-6-5-9-7-15-12(16-8-9)19-13-17-10-3-1-2-4-11(10)18-13/h1-4,7-8H,5-6,14H2,(H,17,18). The van der Waals surface area contributed by atoms with Crippen LogP contribution >= 0.6 is 11.8 Å². The number of para-hydroxylation sites is 2. The van der Waals surface area contributed by atoms with Crippen molar-refractivity contribution in [3.8, 4) is 0 Å². The Labute approximate surface area is 114 Å². The fraction of sp³-hybridized carbons (Fsp3) is 0.154. The second-order valence-corrected chi connectivity index (χ2v) is 5.03. The quantitative estimate of drug-likeness (QED) is 0.709. The van der Waals surface area contributed by atoms with Crippen LogP contribution in [0.25, 0.3) is 11.0 Å². The summed E-state index contributed by atoms with van der Waals surface area (Å²) in [6.07, 6.45) is 4.42. The van der Waals surface area contributed by atoms with Crippen LogP contribution in [0.2, 0.25) is 0 Å². The van der Waals surface area contributed by atoms with Gasteiger partial charge in [0.25, 0.3) is 0 Å². The molecule has 19 heavy (non-hydrogen) atoms. The van der Waals surface area contributed by atoms with Crippen LogP contribution in [0.1, 0.15) is 5.56 Å². The number of aromatic amines is 1. The molecule has 0 saturated carbocycles. The van der Waals surface area contributed by atoms with E-state index in [4.69, 9.17) is 5.73 Å². The van der Waals surface area contributed by atoms with Crippen LogP contribution in [-0.2, 0) is 6.42 Å². The van der Waals surface area contributed by atoms with Gasteiger partial charge in [0.05, 0.1) is 11.0 Å². The first-order valence-electron chi connectivity index (χ1n) is 5.99. The van der Waals surface area contributed by atoms with Gasteiger partial charge in [-0.3, -0.25) is 0 Å². The van der Waals surface area contributed by atoms with Gasteiger partial charge in [0.1, 0.15) is 0 Å². The van der Waals surface area contributed by atoms with E-state index in [1.165, 1.54) is 11.8 Å². The molecule has 0 aliphatic rings. The molecule has 0 spiro atoms. The van der Waals surface area contributed by atoms with E-state index in [9.17, 15) is 0 Å². The van der Waals surface area contributed by atoms with Crippen LogP contribution in [0.5, 0.6) is 0 Å². The van der Waals surface area contributed by atoms with E-state index in [1.807, 2.05) is 36.7 Å². The number of nitrogens with zero attached hydrogens (tertiary/aromatic N) is 3. The number of imidazole rings is 1. The highest BCUT2D eigenvalue weighted by Crippen LogP contribution is 2.23. The summed E-state index contributed by atoms with van der Waals surface area (Å²) >= 11 is 1.42. The molecule has 6 heteroatoms. The summed E-state index contributed by atoms with van der Waals surface area (Å²) in [6.45, 7) is 0.611. The molecule has 2 aromatic heterocycles. The molecule has 1 aromatic carbocycles. The van der Waals surface area contributed by atoms with Gasteiger partial charge in [0, 0.05) is 12.4 Å². The van der Waals surface area contributed by atoms with Gasteiger partial charge in [-0.2, -0.15) is 0 Å². The lowest BCUT2D eigenvalue weighted by Crippen LogP contribution is -2.03. The van der Waals surface area contributed by atoms with Crippen molar-refractivity contribution in [2.75, 3.05) is 6.54 Å². The Balaban J connectivity index is 1.80. The molecule has 3 rings (SSSR count). The van der Waals surface area contributed by atoms with Crippen LogP contribution in [-0.4, -0.2) is 26.5 Å². The van der Waals surface area contributed by atoms with E-state index in [2.05, 4.69) is 19.9 Å². The Morgan fingerprint density at radius 1 is 1.16 bits per heavy atom. The fourth-order valence-electron chi connectivity index (χ4n) is 1.76. The summed E-state index contributed by atoms with van der Waals surface area (Å²) in [6, 6.07) is 7.92. The van der Waals surface area contributed by atoms with Crippen molar-refractivity contribution in [2.45, 2.75) is 16.7 Å². The van der Waals surface area contributed by atoms with Gasteiger partial charge >= 0.3 is 0 Å². The fourth-order valence-corrected chi connectivity index (χ4v) is 2.44. The lowest BCUT2D eigenvalue weighted by Gasteiger charge is -1.99. The number of nitrogens with two attached hydrogens (primary N) is 1. The second-order valence-electron chi connectivity index (χ2n) is 4.07. The molecular formula is C13H13N5S. The molecule has 3 aromatic rings. The Hall–Kier alpha value is -1.92. The van der Waals surface area contributed by atoms with Gasteiger partial charge in [0.15, 0.2) is 10.3 Å². The van der Waals surface area contributed by atoms with Crippen molar-refractivity contribution in [1.82, 2.24) is 19.9 Å². The number of benzene rings is 1. The lowest BCUT2D eigenvalue weighted by atomic mass is 10.2. The maximum absolute atomic E-state index is 5.49. The maximum atomic E-state index is 5.49. The number of aromatic nitrogens is 4. The number of H-pyrrole nitrogens is 1. The van der Waals surface area contributed by atoms with Gasteiger partial charge in [-0.15, -0.1) is 0 Å². The van der Waals surface area contributed by atoms with E-state index >= 15 is 0 Å². The number of hydrogen-bond acceptors (Lipinski definition) is 5. The predicted molar refractivity (Wildman–Crippen MR) is 75.0 cm³/mol. The Morgan fingerprint density at radius 3 is 2.68 bits per heavy atom. The van der Waals surface area contributed by atoms with Crippen molar-refractivity contribution in [3.05, 3.63) is 42.2 Å². The second kappa shape index (κ2) is 5.38. The topological polar surface area (TPSA) is 80.5 Å². The van der Waals surface area contributed by atoms with Crippen LogP contribution < -0.4 is 5.73 Å². The monoisotopic (exact) mass is 271 g/mol. The molecule has 0 aliphatic heterocycles. The highest BCUT2D eigenvalue weighted by atomic mass is 32.2. The van der Waals surface area contributed by atoms with E-state index in [0.717, 1.165) is 28.2 Å². The maximum Gasteiger partial charge on any atom is 0.195 e. The van der Waals surface area contributed by atoms with Gasteiger partial charge < -0.3 is 10.7 Å². The molecule has 96 valence electrons. The van der Waals surface area contributed by atoms with E-state index < -0.39 is 0 Å². The zero-order valence-electron chi connectivity index (χ0n) is 10.2. The van der Waals surface area contributed by atoms with Crippen LogP contribution in [0.4, 0.5) is 0 Å². The molecule has 0 fully saturated rings. The zero-order chi connectivity index (χ0) is 13.1. The van der Waals surface area contributed by atoms with Crippen molar-refractivity contribution in [1.29, 1.82) is 0 Å². The number of fused-ring (bicyclic) bond motifs is 1. The van der Waals surface area contributed by atoms with Gasteiger partial charge in [0.2, 0.25) is 0 Å². The SMILES string of the molecule is NCCc1cnc(Sc2nc3ccccc3[nH]2)nc1. The minimum Gasteiger partial charge on any atom is -0.333 e. The molecule has 0 saturated heterocycles. The summed E-state index contributed by atoms with van der Waals surface area (Å²) in [5.74, 6) is 0. The van der Waals surface area contributed by atoms with Crippen molar-refractivity contribution >= 4 is 22.8 Å². The molecule has 5 nitrogen and oxygen atoms in total. The molecule has 0 bridgehead atoms. The molecule has 3 N–H and O–H groups in total. The van der Waals surface area contributed by atoms with Crippen molar-refractivity contribution in [2.24, 2.45) is 5.73 Å². The molecule has 0 aliphatic carbocycles. The third kappa shape index (κ3) is 2.74. The average Bonchev–Trinajstić information content (AvgIpc) is 2.83. The number of rotatable bonds is 4. The van der Waals surface area contributed by atoms with Crippen molar-refractivity contribution < 1.29 is 0 Å². The van der Waals surface area contributed by atoms with Crippen LogP contribution in [0, 0.1) is 0 Å². The third-order valence-corrected chi connectivity index (χ3v) is 3.45. The molecule has 0 atom stereocenters. The predicted octanol–water partition coefficient (Wildman–Crippen LogP) is 2.01. The number of nitrogens with one attached hydrogen (secondary N) is 1. The summed E-state index contributed by atoms with van der Waals surface area (Å²) in [4.78, 5) is 16.3. The first-order chi connectivity index (χ1) is 9.35. The van der Waals surface area contributed by atoms with Gasteiger partial charge in [-0.1, -0.05) is 12.1 Å². The normalized spacial score (nSPS) is 11.0. The molecule has 0 radical (unpaired) electrons. The van der Waals surface area contributed by atoms with Gasteiger partial charge in [-0.05, 0) is 42.4 Å².